The molecule has 2 heterocycles. The molecule has 130 valence electrons. The van der Waals surface area contributed by atoms with Gasteiger partial charge in [-0.3, -0.25) is 4.79 Å². The minimum Gasteiger partial charge on any atom is -0.484 e. The van der Waals surface area contributed by atoms with Crippen LogP contribution >= 0.6 is 0 Å². The highest BCUT2D eigenvalue weighted by Crippen LogP contribution is 2.14. The van der Waals surface area contributed by atoms with E-state index < -0.39 is 0 Å². The molecule has 3 rings (SSSR count). The van der Waals surface area contributed by atoms with Crippen molar-refractivity contribution in [2.24, 2.45) is 0 Å². The number of carbonyl (C=O) groups is 1. The second kappa shape index (κ2) is 8.44. The number of ether oxygens (including phenoxy) is 1. The molecule has 5 heteroatoms. The minimum absolute atomic E-state index is 0.418. The van der Waals surface area contributed by atoms with Crippen LogP contribution in [0.2, 0.25) is 0 Å². The average Bonchev–Trinajstić information content (AvgIpc) is 3.19. The first-order chi connectivity index (χ1) is 12.3. The number of furan rings is 1. The van der Waals surface area contributed by atoms with Crippen LogP contribution in [-0.4, -0.2) is 36.8 Å². The van der Waals surface area contributed by atoms with Crippen LogP contribution < -0.4 is 5.32 Å². The maximum atomic E-state index is 11.2. The van der Waals surface area contributed by atoms with Crippen molar-refractivity contribution in [3.05, 3.63) is 71.0 Å². The van der Waals surface area contributed by atoms with Crippen molar-refractivity contribution in [3.63, 3.8) is 0 Å². The van der Waals surface area contributed by atoms with Crippen molar-refractivity contribution in [1.29, 1.82) is 0 Å². The molecular formula is C20H23N2O3+. The Morgan fingerprint density at radius 2 is 2.08 bits per heavy atom. The summed E-state index contributed by atoms with van der Waals surface area (Å²) in [6.45, 7) is 4.97. The zero-order chi connectivity index (χ0) is 17.5. The standard InChI is InChI=1S/C20H23N2O3/c1-16-2-4-17(5-3-16)7-11-25-20(14-23)19-13-22(19)9-8-21-12-18-6-10-24-15-18/h2-6,10,13-15,21H,7-9,11-12H2,1H3/q+1/b20-19-. The van der Waals surface area contributed by atoms with E-state index in [1.165, 1.54) is 11.1 Å². The summed E-state index contributed by atoms with van der Waals surface area (Å²) in [6.07, 6.45) is 6.92. The predicted octanol–water partition coefficient (Wildman–Crippen LogP) is 2.44. The van der Waals surface area contributed by atoms with Gasteiger partial charge in [-0.25, -0.2) is 0 Å². The summed E-state index contributed by atoms with van der Waals surface area (Å²) in [4.78, 5) is 11.2. The summed E-state index contributed by atoms with van der Waals surface area (Å²) in [5, 5.41) is 3.33. The van der Waals surface area contributed by atoms with Gasteiger partial charge in [-0.15, -0.1) is 0 Å². The van der Waals surface area contributed by atoms with Gasteiger partial charge in [0.15, 0.2) is 12.8 Å². The van der Waals surface area contributed by atoms with E-state index in [4.69, 9.17) is 9.15 Å². The summed E-state index contributed by atoms with van der Waals surface area (Å²) >= 11 is 0. The molecule has 25 heavy (non-hydrogen) atoms. The highest BCUT2D eigenvalue weighted by molar-refractivity contribution is 5.89. The quantitative estimate of drug-likeness (QED) is 0.237. The minimum atomic E-state index is 0.418. The Morgan fingerprint density at radius 3 is 2.80 bits per heavy atom. The molecule has 0 saturated heterocycles. The van der Waals surface area contributed by atoms with Crippen molar-refractivity contribution in [2.45, 2.75) is 19.9 Å². The van der Waals surface area contributed by atoms with Gasteiger partial charge in [-0.05, 0) is 18.6 Å². The van der Waals surface area contributed by atoms with Gasteiger partial charge in [0.2, 0.25) is 12.0 Å². The van der Waals surface area contributed by atoms with E-state index in [0.29, 0.717) is 12.4 Å². The van der Waals surface area contributed by atoms with E-state index in [9.17, 15) is 4.79 Å². The van der Waals surface area contributed by atoms with Gasteiger partial charge >= 0.3 is 5.70 Å². The number of rotatable bonds is 10. The van der Waals surface area contributed by atoms with Crippen LogP contribution in [0.5, 0.6) is 0 Å². The number of aryl methyl sites for hydroxylation is 1. The van der Waals surface area contributed by atoms with Crippen LogP contribution in [0.3, 0.4) is 0 Å². The van der Waals surface area contributed by atoms with E-state index >= 15 is 0 Å². The monoisotopic (exact) mass is 339 g/mol. The number of aldehydes is 1. The average molecular weight is 339 g/mol. The van der Waals surface area contributed by atoms with Crippen LogP contribution in [0.4, 0.5) is 0 Å². The number of allylic oxidation sites excluding steroid dienone is 2. The molecule has 0 saturated carbocycles. The van der Waals surface area contributed by atoms with Gasteiger partial charge in [0, 0.05) is 18.5 Å². The van der Waals surface area contributed by atoms with Gasteiger partial charge in [-0.2, -0.15) is 4.58 Å². The molecule has 2 aromatic rings. The fourth-order valence-corrected chi connectivity index (χ4v) is 2.54. The zero-order valence-electron chi connectivity index (χ0n) is 14.4. The van der Waals surface area contributed by atoms with Crippen LogP contribution in [-0.2, 0) is 22.5 Å². The third kappa shape index (κ3) is 5.16. The number of nitrogens with one attached hydrogen (secondary N) is 1. The lowest BCUT2D eigenvalue weighted by atomic mass is 10.1. The molecule has 0 radical (unpaired) electrons. The lowest BCUT2D eigenvalue weighted by Crippen LogP contribution is -2.20. The van der Waals surface area contributed by atoms with Crippen LogP contribution in [0.1, 0.15) is 16.7 Å². The van der Waals surface area contributed by atoms with Crippen LogP contribution in [0, 0.1) is 6.92 Å². The summed E-state index contributed by atoms with van der Waals surface area (Å²) in [7, 11) is 0. The van der Waals surface area contributed by atoms with Crippen molar-refractivity contribution in [2.75, 3.05) is 19.7 Å². The van der Waals surface area contributed by atoms with E-state index in [0.717, 1.165) is 43.6 Å². The lowest BCUT2D eigenvalue weighted by Gasteiger charge is -2.04. The molecule has 0 amide bonds. The summed E-state index contributed by atoms with van der Waals surface area (Å²) < 4.78 is 12.7. The number of benzene rings is 1. The van der Waals surface area contributed by atoms with Crippen LogP contribution in [0.25, 0.3) is 0 Å². The highest BCUT2D eigenvalue weighted by Gasteiger charge is 2.33. The molecule has 1 aromatic carbocycles. The fourth-order valence-electron chi connectivity index (χ4n) is 2.54. The SMILES string of the molecule is Cc1ccc(CCO/C(C=O)=C2C=[N+]/2CCNCc2ccoc2)cc1. The molecule has 0 unspecified atom stereocenters. The topological polar surface area (TPSA) is 54.5 Å². The molecule has 1 aliphatic rings. The normalized spacial score (nSPS) is 14.8. The summed E-state index contributed by atoms with van der Waals surface area (Å²) in [5.41, 5.74) is 4.45. The first-order valence-electron chi connectivity index (χ1n) is 8.47. The molecule has 5 nitrogen and oxygen atoms in total. The Kier molecular flexibility index (Phi) is 5.80. The molecule has 0 aliphatic carbocycles. The Bertz CT molecular complexity index is 759. The molecule has 1 aromatic heterocycles. The van der Waals surface area contributed by atoms with Gasteiger partial charge in [0.25, 0.3) is 0 Å². The number of nitrogens with zero attached hydrogens (tertiary/aromatic N) is 1. The molecular weight excluding hydrogens is 316 g/mol. The van der Waals surface area contributed by atoms with Gasteiger partial charge < -0.3 is 14.5 Å². The number of hydrogen-bond donors (Lipinski definition) is 1. The Labute approximate surface area is 147 Å². The maximum Gasteiger partial charge on any atom is 0.315 e. The van der Waals surface area contributed by atoms with Crippen molar-refractivity contribution in [1.82, 2.24) is 5.32 Å². The summed E-state index contributed by atoms with van der Waals surface area (Å²) in [6, 6.07) is 10.3. The fraction of sp³-hybridized carbons (Fsp3) is 0.300. The van der Waals surface area contributed by atoms with Crippen molar-refractivity contribution in [3.8, 4) is 0 Å². The molecule has 0 atom stereocenters. The summed E-state index contributed by atoms with van der Waals surface area (Å²) in [5.74, 6) is 0.418. The first-order valence-corrected chi connectivity index (χ1v) is 8.47. The van der Waals surface area contributed by atoms with E-state index in [1.54, 1.807) is 12.5 Å². The molecule has 0 spiro atoms. The van der Waals surface area contributed by atoms with Gasteiger partial charge in [0.05, 0.1) is 25.7 Å². The van der Waals surface area contributed by atoms with Crippen molar-refractivity contribution >= 4 is 12.5 Å². The third-order valence-electron chi connectivity index (χ3n) is 4.09. The zero-order valence-corrected chi connectivity index (χ0v) is 14.4. The molecule has 1 N–H and O–H groups in total. The van der Waals surface area contributed by atoms with Crippen molar-refractivity contribution < 1.29 is 18.5 Å². The van der Waals surface area contributed by atoms with E-state index in [2.05, 4.69) is 36.5 Å². The van der Waals surface area contributed by atoms with Gasteiger partial charge in [-0.1, -0.05) is 29.8 Å². The van der Waals surface area contributed by atoms with E-state index in [-0.39, 0.29) is 0 Å². The second-order valence-corrected chi connectivity index (χ2v) is 6.08. The predicted molar refractivity (Wildman–Crippen MR) is 95.5 cm³/mol. The van der Waals surface area contributed by atoms with E-state index in [1.807, 2.05) is 16.9 Å². The molecule has 0 bridgehead atoms. The molecule has 0 fully saturated rings. The van der Waals surface area contributed by atoms with Crippen LogP contribution in [0.15, 0.2) is 58.7 Å². The Hall–Kier alpha value is -2.66. The largest absolute Gasteiger partial charge is 0.484 e. The van der Waals surface area contributed by atoms with Gasteiger partial charge in [0.1, 0.15) is 0 Å². The lowest BCUT2D eigenvalue weighted by molar-refractivity contribution is -0.403. The Balaban J connectivity index is 1.37. The first kappa shape index (κ1) is 17.2. The number of hydrogen-bond acceptors (Lipinski definition) is 4. The smallest absolute Gasteiger partial charge is 0.315 e. The maximum absolute atomic E-state index is 11.2. The molecule has 1 aliphatic heterocycles. The second-order valence-electron chi connectivity index (χ2n) is 6.08. The number of carbonyl (C=O) groups excluding carboxylic acids is 1. The Morgan fingerprint density at radius 1 is 1.24 bits per heavy atom. The highest BCUT2D eigenvalue weighted by atomic mass is 16.5. The third-order valence-corrected chi connectivity index (χ3v) is 4.09.